The molecule has 0 spiro atoms. The van der Waals surface area contributed by atoms with E-state index in [4.69, 9.17) is 23.2 Å². The summed E-state index contributed by atoms with van der Waals surface area (Å²) in [4.78, 5) is 0. The third-order valence-corrected chi connectivity index (χ3v) is 3.74. The number of aromatic hydroxyl groups is 1. The molecule has 21 heavy (non-hydrogen) atoms. The molecule has 2 aromatic rings. The van der Waals surface area contributed by atoms with Gasteiger partial charge >= 0.3 is 0 Å². The first-order valence-electron chi connectivity index (χ1n) is 6.65. The number of phenolic OH excluding ortho intramolecular Hbond substituents is 1. The largest absolute Gasteiger partial charge is 0.506 e. The molecule has 0 bridgehead atoms. The van der Waals surface area contributed by atoms with E-state index in [0.29, 0.717) is 23.6 Å². The van der Waals surface area contributed by atoms with Crippen LogP contribution in [0.2, 0.25) is 10.0 Å². The summed E-state index contributed by atoms with van der Waals surface area (Å²) in [5.41, 5.74) is 1.75. The summed E-state index contributed by atoms with van der Waals surface area (Å²) in [5.74, 6) is 0.0185. The molecule has 0 fully saturated rings. The van der Waals surface area contributed by atoms with Gasteiger partial charge in [-0.3, -0.25) is 0 Å². The molecule has 112 valence electrons. The van der Waals surface area contributed by atoms with Crippen molar-refractivity contribution in [2.75, 3.05) is 6.61 Å². The highest BCUT2D eigenvalue weighted by Gasteiger charge is 2.12. The second-order valence-electron chi connectivity index (χ2n) is 4.85. The highest BCUT2D eigenvalue weighted by molar-refractivity contribution is 6.35. The zero-order valence-electron chi connectivity index (χ0n) is 11.4. The van der Waals surface area contributed by atoms with Crippen LogP contribution in [0.15, 0.2) is 42.5 Å². The fourth-order valence-electron chi connectivity index (χ4n) is 2.11. The van der Waals surface area contributed by atoms with Gasteiger partial charge in [-0.25, -0.2) is 0 Å². The van der Waals surface area contributed by atoms with Crippen molar-refractivity contribution in [1.29, 1.82) is 0 Å². The Bertz CT molecular complexity index is 590. The van der Waals surface area contributed by atoms with E-state index in [1.807, 2.05) is 30.3 Å². The first kappa shape index (κ1) is 16.1. The van der Waals surface area contributed by atoms with Crippen LogP contribution in [0, 0.1) is 0 Å². The maximum absolute atomic E-state index is 9.90. The van der Waals surface area contributed by atoms with Crippen molar-refractivity contribution in [2.24, 2.45) is 0 Å². The van der Waals surface area contributed by atoms with Gasteiger partial charge < -0.3 is 15.5 Å². The van der Waals surface area contributed by atoms with Crippen LogP contribution in [0.1, 0.15) is 11.1 Å². The van der Waals surface area contributed by atoms with Gasteiger partial charge in [0, 0.05) is 23.2 Å². The molecule has 1 atom stereocenters. The Morgan fingerprint density at radius 3 is 2.48 bits per heavy atom. The smallest absolute Gasteiger partial charge is 0.138 e. The molecule has 0 aromatic heterocycles. The van der Waals surface area contributed by atoms with Gasteiger partial charge in [-0.15, -0.1) is 0 Å². The van der Waals surface area contributed by atoms with Gasteiger partial charge in [-0.1, -0.05) is 53.5 Å². The highest BCUT2D eigenvalue weighted by atomic mass is 35.5. The van der Waals surface area contributed by atoms with Crippen LogP contribution < -0.4 is 5.32 Å². The minimum Gasteiger partial charge on any atom is -0.506 e. The lowest BCUT2D eigenvalue weighted by Crippen LogP contribution is -2.34. The first-order valence-corrected chi connectivity index (χ1v) is 7.40. The Labute approximate surface area is 134 Å². The number of hydrogen-bond acceptors (Lipinski definition) is 3. The van der Waals surface area contributed by atoms with Gasteiger partial charge in [0.15, 0.2) is 0 Å². The van der Waals surface area contributed by atoms with E-state index < -0.39 is 0 Å². The summed E-state index contributed by atoms with van der Waals surface area (Å²) >= 11 is 11.8. The van der Waals surface area contributed by atoms with Crippen LogP contribution in [0.3, 0.4) is 0 Å². The second-order valence-corrected chi connectivity index (χ2v) is 5.69. The molecule has 0 aliphatic heterocycles. The Balaban J connectivity index is 2.00. The molecular formula is C16H17Cl2NO2. The summed E-state index contributed by atoms with van der Waals surface area (Å²) in [7, 11) is 0. The van der Waals surface area contributed by atoms with Crippen LogP contribution in [0.5, 0.6) is 5.75 Å². The van der Waals surface area contributed by atoms with Gasteiger partial charge in [-0.2, -0.15) is 0 Å². The maximum atomic E-state index is 9.90. The standard InChI is InChI=1S/C16H17Cl2NO2/c17-13-7-12(16(21)15(18)8-13)9-19-14(10-20)6-11-4-2-1-3-5-11/h1-5,7-8,14,19-21H,6,9-10H2/t14-/m0/s1. The van der Waals surface area contributed by atoms with E-state index in [1.54, 1.807) is 6.07 Å². The average molecular weight is 326 g/mol. The predicted molar refractivity (Wildman–Crippen MR) is 86.0 cm³/mol. The minimum atomic E-state index is -0.107. The number of phenols is 1. The molecule has 0 aliphatic carbocycles. The van der Waals surface area contributed by atoms with E-state index in [9.17, 15) is 10.2 Å². The molecule has 0 heterocycles. The van der Waals surface area contributed by atoms with Gasteiger partial charge in [0.2, 0.25) is 0 Å². The summed E-state index contributed by atoms with van der Waals surface area (Å²) in [6, 6.07) is 13.0. The lowest BCUT2D eigenvalue weighted by molar-refractivity contribution is 0.240. The Morgan fingerprint density at radius 2 is 1.81 bits per heavy atom. The lowest BCUT2D eigenvalue weighted by atomic mass is 10.1. The molecule has 3 N–H and O–H groups in total. The number of benzene rings is 2. The van der Waals surface area contributed by atoms with E-state index in [2.05, 4.69) is 5.32 Å². The number of halogens is 2. The van der Waals surface area contributed by atoms with Crippen molar-refractivity contribution in [2.45, 2.75) is 19.0 Å². The zero-order valence-corrected chi connectivity index (χ0v) is 12.9. The van der Waals surface area contributed by atoms with Gasteiger partial charge in [0.1, 0.15) is 5.75 Å². The van der Waals surface area contributed by atoms with E-state index in [0.717, 1.165) is 5.56 Å². The molecule has 0 saturated heterocycles. The molecule has 0 radical (unpaired) electrons. The molecule has 2 aromatic carbocycles. The van der Waals surface area contributed by atoms with Crippen molar-refractivity contribution in [3.05, 3.63) is 63.6 Å². The Morgan fingerprint density at radius 1 is 1.10 bits per heavy atom. The Kier molecular flexibility index (Phi) is 5.88. The van der Waals surface area contributed by atoms with Crippen LogP contribution in [-0.2, 0) is 13.0 Å². The quantitative estimate of drug-likeness (QED) is 0.763. The number of rotatable bonds is 6. The molecule has 0 saturated carbocycles. The van der Waals surface area contributed by atoms with Crippen LogP contribution in [-0.4, -0.2) is 22.9 Å². The van der Waals surface area contributed by atoms with E-state index in [-0.39, 0.29) is 23.4 Å². The number of nitrogens with one attached hydrogen (secondary N) is 1. The monoisotopic (exact) mass is 325 g/mol. The molecule has 0 aliphatic rings. The molecular weight excluding hydrogens is 309 g/mol. The van der Waals surface area contributed by atoms with Crippen molar-refractivity contribution in [3.8, 4) is 5.75 Å². The van der Waals surface area contributed by atoms with Crippen LogP contribution in [0.25, 0.3) is 0 Å². The van der Waals surface area contributed by atoms with Crippen LogP contribution >= 0.6 is 23.2 Å². The molecule has 2 rings (SSSR count). The fourth-order valence-corrected chi connectivity index (χ4v) is 2.64. The first-order chi connectivity index (χ1) is 10.1. The summed E-state index contributed by atoms with van der Waals surface area (Å²) in [6.07, 6.45) is 0.701. The van der Waals surface area contributed by atoms with Gasteiger partial charge in [0.05, 0.1) is 11.6 Å². The zero-order chi connectivity index (χ0) is 15.2. The van der Waals surface area contributed by atoms with Gasteiger partial charge in [0.25, 0.3) is 0 Å². The second kappa shape index (κ2) is 7.66. The minimum absolute atomic E-state index is 0.00392. The van der Waals surface area contributed by atoms with Gasteiger partial charge in [-0.05, 0) is 24.1 Å². The predicted octanol–water partition coefficient (Wildman–Crippen LogP) is 3.39. The van der Waals surface area contributed by atoms with Crippen molar-refractivity contribution in [3.63, 3.8) is 0 Å². The SMILES string of the molecule is OC[C@H](Cc1ccccc1)NCc1cc(Cl)cc(Cl)c1O. The normalized spacial score (nSPS) is 12.3. The summed E-state index contributed by atoms with van der Waals surface area (Å²) < 4.78 is 0. The third kappa shape index (κ3) is 4.61. The fraction of sp³-hybridized carbons (Fsp3) is 0.250. The third-order valence-electron chi connectivity index (χ3n) is 3.23. The average Bonchev–Trinajstić information content (AvgIpc) is 2.49. The van der Waals surface area contributed by atoms with Crippen molar-refractivity contribution in [1.82, 2.24) is 5.32 Å². The Hall–Kier alpha value is -1.26. The summed E-state index contributed by atoms with van der Waals surface area (Å²) in [5, 5.41) is 23.3. The topological polar surface area (TPSA) is 52.5 Å². The lowest BCUT2D eigenvalue weighted by Gasteiger charge is -2.17. The van der Waals surface area contributed by atoms with Crippen molar-refractivity contribution >= 4 is 23.2 Å². The maximum Gasteiger partial charge on any atom is 0.138 e. The van der Waals surface area contributed by atoms with E-state index >= 15 is 0 Å². The molecule has 0 unspecified atom stereocenters. The number of aliphatic hydroxyl groups excluding tert-OH is 1. The number of hydrogen-bond donors (Lipinski definition) is 3. The summed E-state index contributed by atoms with van der Waals surface area (Å²) in [6.45, 7) is 0.383. The molecule has 0 amide bonds. The molecule has 3 nitrogen and oxygen atoms in total. The van der Waals surface area contributed by atoms with Crippen molar-refractivity contribution < 1.29 is 10.2 Å². The highest BCUT2D eigenvalue weighted by Crippen LogP contribution is 2.31. The molecule has 5 heteroatoms. The van der Waals surface area contributed by atoms with E-state index in [1.165, 1.54) is 6.07 Å². The number of aliphatic hydroxyl groups is 1. The van der Waals surface area contributed by atoms with Crippen LogP contribution in [0.4, 0.5) is 0 Å².